The van der Waals surface area contributed by atoms with Crippen LogP contribution >= 0.6 is 11.6 Å². The van der Waals surface area contributed by atoms with Crippen LogP contribution in [0.4, 0.5) is 0 Å². The normalized spacial score (nSPS) is 12.2. The summed E-state index contributed by atoms with van der Waals surface area (Å²) < 4.78 is 16.2. The first kappa shape index (κ1) is 14.1. The molecular formula is C13H19ClO3. The van der Waals surface area contributed by atoms with Gasteiger partial charge in [-0.05, 0) is 13.0 Å². The Morgan fingerprint density at radius 2 is 2.06 bits per heavy atom. The average Bonchev–Trinajstić information content (AvgIpc) is 2.36. The third-order valence-electron chi connectivity index (χ3n) is 2.47. The highest BCUT2D eigenvalue weighted by Gasteiger charge is 2.13. The molecule has 96 valence electrons. The Bertz CT molecular complexity index is 319. The summed E-state index contributed by atoms with van der Waals surface area (Å²) in [5.41, 5.74) is 0.940. The van der Waals surface area contributed by atoms with E-state index in [0.717, 1.165) is 17.7 Å². The second-order valence-corrected chi connectivity index (χ2v) is 4.06. The molecule has 0 saturated heterocycles. The SMILES string of the molecule is COCCC(C)Oc1c(CCl)cccc1OC. The van der Waals surface area contributed by atoms with Gasteiger partial charge in [0.15, 0.2) is 11.5 Å². The molecule has 3 nitrogen and oxygen atoms in total. The summed E-state index contributed by atoms with van der Waals surface area (Å²) in [6.45, 7) is 2.68. The van der Waals surface area contributed by atoms with E-state index in [-0.39, 0.29) is 6.10 Å². The van der Waals surface area contributed by atoms with Crippen LogP contribution in [0.2, 0.25) is 0 Å². The molecule has 0 fully saturated rings. The summed E-state index contributed by atoms with van der Waals surface area (Å²) in [7, 11) is 3.31. The minimum atomic E-state index is 0.0632. The van der Waals surface area contributed by atoms with Crippen LogP contribution in [0.5, 0.6) is 11.5 Å². The average molecular weight is 259 g/mol. The molecule has 0 aliphatic rings. The second-order valence-electron chi connectivity index (χ2n) is 3.79. The first-order valence-electron chi connectivity index (χ1n) is 5.60. The van der Waals surface area contributed by atoms with Crippen molar-refractivity contribution in [3.05, 3.63) is 23.8 Å². The molecule has 4 heteroatoms. The quantitative estimate of drug-likeness (QED) is 0.703. The Morgan fingerprint density at radius 1 is 1.29 bits per heavy atom. The lowest BCUT2D eigenvalue weighted by molar-refractivity contribution is 0.132. The molecule has 17 heavy (non-hydrogen) atoms. The number of hydrogen-bond acceptors (Lipinski definition) is 3. The Kier molecular flexibility index (Phi) is 6.16. The van der Waals surface area contributed by atoms with Crippen molar-refractivity contribution in [1.29, 1.82) is 0 Å². The van der Waals surface area contributed by atoms with Crippen LogP contribution in [0.3, 0.4) is 0 Å². The van der Waals surface area contributed by atoms with Crippen LogP contribution in [-0.2, 0) is 10.6 Å². The van der Waals surface area contributed by atoms with Crippen LogP contribution in [0.25, 0.3) is 0 Å². The van der Waals surface area contributed by atoms with Crippen LogP contribution in [0.1, 0.15) is 18.9 Å². The standard InChI is InChI=1S/C13H19ClO3/c1-10(7-8-15-2)17-13-11(9-14)5-4-6-12(13)16-3/h4-6,10H,7-9H2,1-3H3. The predicted octanol–water partition coefficient (Wildman–Crippen LogP) is 3.24. The number of hydrogen-bond donors (Lipinski definition) is 0. The fourth-order valence-electron chi connectivity index (χ4n) is 1.50. The van der Waals surface area contributed by atoms with Crippen LogP contribution in [0, 0.1) is 0 Å². The van der Waals surface area contributed by atoms with Crippen molar-refractivity contribution in [3.8, 4) is 11.5 Å². The van der Waals surface area contributed by atoms with Crippen molar-refractivity contribution in [2.75, 3.05) is 20.8 Å². The Morgan fingerprint density at radius 3 is 2.65 bits per heavy atom. The van der Waals surface area contributed by atoms with Crippen molar-refractivity contribution in [3.63, 3.8) is 0 Å². The second kappa shape index (κ2) is 7.41. The van der Waals surface area contributed by atoms with Crippen molar-refractivity contribution >= 4 is 11.6 Å². The Balaban J connectivity index is 2.80. The zero-order valence-electron chi connectivity index (χ0n) is 10.5. The lowest BCUT2D eigenvalue weighted by Crippen LogP contribution is -2.15. The minimum Gasteiger partial charge on any atom is -0.493 e. The van der Waals surface area contributed by atoms with Gasteiger partial charge < -0.3 is 14.2 Å². The molecule has 0 saturated carbocycles. The molecule has 0 heterocycles. The van der Waals surface area contributed by atoms with Crippen LogP contribution in [0.15, 0.2) is 18.2 Å². The van der Waals surface area contributed by atoms with Gasteiger partial charge in [-0.2, -0.15) is 0 Å². The molecule has 0 spiro atoms. The van der Waals surface area contributed by atoms with E-state index in [0.29, 0.717) is 18.2 Å². The third-order valence-corrected chi connectivity index (χ3v) is 2.76. The van der Waals surface area contributed by atoms with Crippen LogP contribution < -0.4 is 9.47 Å². The molecule has 0 amide bonds. The lowest BCUT2D eigenvalue weighted by atomic mass is 10.2. The molecule has 0 aliphatic heterocycles. The molecule has 1 unspecified atom stereocenters. The first-order valence-corrected chi connectivity index (χ1v) is 6.13. The van der Waals surface area contributed by atoms with Crippen molar-refractivity contribution < 1.29 is 14.2 Å². The highest BCUT2D eigenvalue weighted by atomic mass is 35.5. The monoisotopic (exact) mass is 258 g/mol. The fraction of sp³-hybridized carbons (Fsp3) is 0.538. The maximum absolute atomic E-state index is 5.89. The van der Waals surface area contributed by atoms with Gasteiger partial charge in [-0.3, -0.25) is 0 Å². The number of para-hydroxylation sites is 1. The summed E-state index contributed by atoms with van der Waals surface area (Å²) in [6, 6.07) is 5.71. The molecule has 0 aromatic heterocycles. The van der Waals surface area contributed by atoms with Gasteiger partial charge >= 0.3 is 0 Å². The van der Waals surface area contributed by atoms with Crippen molar-refractivity contribution in [2.24, 2.45) is 0 Å². The number of methoxy groups -OCH3 is 2. The summed E-state index contributed by atoms with van der Waals surface area (Å²) in [5, 5.41) is 0. The van der Waals surface area contributed by atoms with Gasteiger partial charge in [0.25, 0.3) is 0 Å². The Hall–Kier alpha value is -0.930. The molecule has 1 atom stereocenters. The van der Waals surface area contributed by atoms with Gasteiger partial charge in [-0.25, -0.2) is 0 Å². The van der Waals surface area contributed by atoms with Crippen molar-refractivity contribution in [1.82, 2.24) is 0 Å². The highest BCUT2D eigenvalue weighted by Crippen LogP contribution is 2.33. The van der Waals surface area contributed by atoms with E-state index >= 15 is 0 Å². The summed E-state index contributed by atoms with van der Waals surface area (Å²) in [5.74, 6) is 1.85. The van der Waals surface area contributed by atoms with E-state index < -0.39 is 0 Å². The highest BCUT2D eigenvalue weighted by molar-refractivity contribution is 6.17. The fourth-order valence-corrected chi connectivity index (χ4v) is 1.72. The number of rotatable bonds is 7. The third kappa shape index (κ3) is 4.10. The predicted molar refractivity (Wildman–Crippen MR) is 69.1 cm³/mol. The lowest BCUT2D eigenvalue weighted by Gasteiger charge is -2.18. The summed E-state index contributed by atoms with van der Waals surface area (Å²) in [6.07, 6.45) is 0.893. The minimum absolute atomic E-state index is 0.0632. The van der Waals surface area contributed by atoms with E-state index in [1.54, 1.807) is 14.2 Å². The molecule has 0 aliphatic carbocycles. The molecule has 1 aromatic carbocycles. The maximum Gasteiger partial charge on any atom is 0.165 e. The van der Waals surface area contributed by atoms with Gasteiger partial charge in [0.2, 0.25) is 0 Å². The molecule has 0 radical (unpaired) electrons. The number of alkyl halides is 1. The van der Waals surface area contributed by atoms with E-state index in [4.69, 9.17) is 25.8 Å². The largest absolute Gasteiger partial charge is 0.493 e. The zero-order valence-corrected chi connectivity index (χ0v) is 11.3. The van der Waals surface area contributed by atoms with Gasteiger partial charge in [-0.15, -0.1) is 11.6 Å². The smallest absolute Gasteiger partial charge is 0.165 e. The molecule has 0 N–H and O–H groups in total. The zero-order chi connectivity index (χ0) is 12.7. The molecule has 1 rings (SSSR count). The Labute approximate surface area is 108 Å². The van der Waals surface area contributed by atoms with Gasteiger partial charge in [0.05, 0.1) is 19.1 Å². The van der Waals surface area contributed by atoms with Gasteiger partial charge in [-0.1, -0.05) is 12.1 Å². The number of benzene rings is 1. The van der Waals surface area contributed by atoms with Crippen molar-refractivity contribution in [2.45, 2.75) is 25.3 Å². The molecule has 1 aromatic rings. The van der Waals surface area contributed by atoms with Crippen LogP contribution in [-0.4, -0.2) is 26.9 Å². The van der Waals surface area contributed by atoms with Gasteiger partial charge in [0, 0.05) is 25.7 Å². The van der Waals surface area contributed by atoms with E-state index in [1.165, 1.54) is 0 Å². The topological polar surface area (TPSA) is 27.7 Å². The number of halogens is 1. The summed E-state index contributed by atoms with van der Waals surface area (Å²) in [4.78, 5) is 0. The van der Waals surface area contributed by atoms with E-state index in [2.05, 4.69) is 0 Å². The van der Waals surface area contributed by atoms with E-state index in [9.17, 15) is 0 Å². The maximum atomic E-state index is 5.89. The molecule has 0 bridgehead atoms. The summed E-state index contributed by atoms with van der Waals surface area (Å²) >= 11 is 5.89. The number of ether oxygens (including phenoxy) is 3. The van der Waals surface area contributed by atoms with E-state index in [1.807, 2.05) is 25.1 Å². The van der Waals surface area contributed by atoms with Gasteiger partial charge in [0.1, 0.15) is 0 Å². The first-order chi connectivity index (χ1) is 8.22. The molecular weight excluding hydrogens is 240 g/mol.